The number of hydrogen-bond acceptors (Lipinski definition) is 5. The van der Waals surface area contributed by atoms with Gasteiger partial charge in [-0.1, -0.05) is 11.8 Å². The van der Waals surface area contributed by atoms with Gasteiger partial charge in [-0.15, -0.1) is 5.10 Å². The van der Waals surface area contributed by atoms with Gasteiger partial charge in [0.15, 0.2) is 5.17 Å². The predicted octanol–water partition coefficient (Wildman–Crippen LogP) is 1.73. The minimum atomic E-state index is -0.0185. The molecule has 1 aliphatic heterocycles. The number of aryl methyl sites for hydroxylation is 2. The Hall–Kier alpha value is -1.56. The number of carbonyl (C=O) groups is 1. The van der Waals surface area contributed by atoms with Gasteiger partial charge >= 0.3 is 0 Å². The molecule has 0 saturated carbocycles. The first-order valence-corrected chi connectivity index (χ1v) is 6.30. The largest absolute Gasteiger partial charge is 0.466 e. The second-order valence-electron chi connectivity index (χ2n) is 3.59. The van der Waals surface area contributed by atoms with Crippen molar-refractivity contribution >= 4 is 29.1 Å². The van der Waals surface area contributed by atoms with Crippen LogP contribution >= 0.6 is 11.8 Å². The summed E-state index contributed by atoms with van der Waals surface area (Å²) in [6.07, 6.45) is 3.29. The summed E-state index contributed by atoms with van der Waals surface area (Å²) >= 11 is 1.37. The molecule has 2 rings (SSSR count). The van der Waals surface area contributed by atoms with E-state index in [4.69, 9.17) is 4.42 Å². The van der Waals surface area contributed by atoms with Crippen LogP contribution in [0.2, 0.25) is 0 Å². The first-order chi connectivity index (χ1) is 8.24. The summed E-state index contributed by atoms with van der Waals surface area (Å²) in [6.45, 7) is 1.92. The number of nitrogens with one attached hydrogen (secondary N) is 1. The Labute approximate surface area is 103 Å². The van der Waals surface area contributed by atoms with Crippen LogP contribution in [0.25, 0.3) is 0 Å². The second kappa shape index (κ2) is 5.67. The van der Waals surface area contributed by atoms with E-state index in [0.29, 0.717) is 10.9 Å². The average Bonchev–Trinajstić information content (AvgIpc) is 2.88. The average molecular weight is 251 g/mol. The van der Waals surface area contributed by atoms with E-state index in [1.54, 1.807) is 6.21 Å². The molecule has 0 spiro atoms. The molecule has 1 amide bonds. The highest BCUT2D eigenvalue weighted by molar-refractivity contribution is 8.15. The van der Waals surface area contributed by atoms with E-state index in [1.165, 1.54) is 11.8 Å². The Kier molecular flexibility index (Phi) is 3.98. The van der Waals surface area contributed by atoms with E-state index in [9.17, 15) is 4.79 Å². The Morgan fingerprint density at radius 1 is 1.59 bits per heavy atom. The third-order valence-electron chi connectivity index (χ3n) is 2.13. The van der Waals surface area contributed by atoms with Crippen LogP contribution in [0, 0.1) is 6.92 Å². The molecule has 0 aromatic carbocycles. The summed E-state index contributed by atoms with van der Waals surface area (Å²) in [5.41, 5.74) is 0. The number of thioether (sulfide) groups is 1. The molecule has 1 aromatic rings. The van der Waals surface area contributed by atoms with Crippen LogP contribution in [0.1, 0.15) is 17.9 Å². The Morgan fingerprint density at radius 2 is 2.47 bits per heavy atom. The number of furan rings is 1. The van der Waals surface area contributed by atoms with E-state index < -0.39 is 0 Å². The predicted molar refractivity (Wildman–Crippen MR) is 68.3 cm³/mol. The monoisotopic (exact) mass is 251 g/mol. The fourth-order valence-corrected chi connectivity index (χ4v) is 1.99. The molecule has 0 atom stereocenters. The maximum atomic E-state index is 10.9. The lowest BCUT2D eigenvalue weighted by Gasteiger charge is -1.91. The minimum absolute atomic E-state index is 0.0185. The molecular weight excluding hydrogens is 238 g/mol. The molecule has 1 fully saturated rings. The summed E-state index contributed by atoms with van der Waals surface area (Å²) in [6, 6.07) is 3.90. The van der Waals surface area contributed by atoms with Gasteiger partial charge in [-0.05, 0) is 25.5 Å². The molecular formula is C11H13N3O2S. The van der Waals surface area contributed by atoms with Crippen LogP contribution in [0.4, 0.5) is 0 Å². The SMILES string of the molecule is Cc1ccc(CC/C=N/N=C2/NC(=O)CS2)o1. The summed E-state index contributed by atoms with van der Waals surface area (Å²) in [7, 11) is 0. The van der Waals surface area contributed by atoms with Gasteiger partial charge in [-0.25, -0.2) is 0 Å². The molecule has 0 unspecified atom stereocenters. The van der Waals surface area contributed by atoms with Crippen molar-refractivity contribution in [2.45, 2.75) is 19.8 Å². The van der Waals surface area contributed by atoms with Crippen molar-refractivity contribution in [3.05, 3.63) is 23.7 Å². The van der Waals surface area contributed by atoms with Crippen LogP contribution < -0.4 is 5.32 Å². The topological polar surface area (TPSA) is 67.0 Å². The van der Waals surface area contributed by atoms with Gasteiger partial charge in [-0.3, -0.25) is 4.79 Å². The Bertz CT molecular complexity index is 465. The van der Waals surface area contributed by atoms with Crippen LogP contribution in [0.15, 0.2) is 26.8 Å². The quantitative estimate of drug-likeness (QED) is 0.654. The fourth-order valence-electron chi connectivity index (χ4n) is 1.36. The fraction of sp³-hybridized carbons (Fsp3) is 0.364. The standard InChI is InChI=1S/C11H13N3O2S/c1-8-4-5-9(16-8)3-2-6-12-14-11-13-10(15)7-17-11/h4-6H,2-3,7H2,1H3,(H,13,14,15)/b12-6+. The van der Waals surface area contributed by atoms with Gasteiger partial charge in [0, 0.05) is 12.6 Å². The van der Waals surface area contributed by atoms with Crippen molar-refractivity contribution in [1.29, 1.82) is 0 Å². The summed E-state index contributed by atoms with van der Waals surface area (Å²) in [5.74, 6) is 2.28. The van der Waals surface area contributed by atoms with Crippen molar-refractivity contribution in [2.24, 2.45) is 10.2 Å². The smallest absolute Gasteiger partial charge is 0.236 e. The third kappa shape index (κ3) is 3.74. The molecule has 1 aliphatic rings. The number of rotatable bonds is 4. The zero-order valence-corrected chi connectivity index (χ0v) is 10.3. The number of amides is 1. The summed E-state index contributed by atoms with van der Waals surface area (Å²) < 4.78 is 5.42. The maximum Gasteiger partial charge on any atom is 0.236 e. The molecule has 1 saturated heterocycles. The maximum absolute atomic E-state index is 10.9. The first kappa shape index (κ1) is 11.9. The Balaban J connectivity index is 1.73. The van der Waals surface area contributed by atoms with E-state index >= 15 is 0 Å². The van der Waals surface area contributed by atoms with Gasteiger partial charge in [0.25, 0.3) is 0 Å². The molecule has 5 nitrogen and oxygen atoms in total. The normalized spacial score (nSPS) is 18.2. The highest BCUT2D eigenvalue weighted by atomic mass is 32.2. The second-order valence-corrected chi connectivity index (χ2v) is 4.56. The lowest BCUT2D eigenvalue weighted by molar-refractivity contribution is -0.116. The number of amidine groups is 1. The van der Waals surface area contributed by atoms with Crippen LogP contribution in [0.3, 0.4) is 0 Å². The lowest BCUT2D eigenvalue weighted by atomic mass is 10.3. The lowest BCUT2D eigenvalue weighted by Crippen LogP contribution is -2.19. The molecule has 0 bridgehead atoms. The zero-order valence-electron chi connectivity index (χ0n) is 9.47. The number of nitrogens with zero attached hydrogens (tertiary/aromatic N) is 2. The number of hydrogen-bond donors (Lipinski definition) is 1. The third-order valence-corrected chi connectivity index (χ3v) is 3.00. The van der Waals surface area contributed by atoms with Gasteiger partial charge < -0.3 is 9.73 Å². The van der Waals surface area contributed by atoms with Crippen LogP contribution in [0.5, 0.6) is 0 Å². The van der Waals surface area contributed by atoms with Gasteiger partial charge in [0.05, 0.1) is 5.75 Å². The van der Waals surface area contributed by atoms with Crippen molar-refractivity contribution in [3.8, 4) is 0 Å². The van der Waals surface area contributed by atoms with E-state index in [-0.39, 0.29) is 5.91 Å². The summed E-state index contributed by atoms with van der Waals surface area (Å²) in [5, 5.41) is 11.0. The number of carbonyl (C=O) groups excluding carboxylic acids is 1. The van der Waals surface area contributed by atoms with Gasteiger partial charge in [0.1, 0.15) is 11.5 Å². The van der Waals surface area contributed by atoms with E-state index in [0.717, 1.165) is 24.4 Å². The van der Waals surface area contributed by atoms with Crippen LogP contribution in [-0.2, 0) is 11.2 Å². The van der Waals surface area contributed by atoms with Crippen molar-refractivity contribution < 1.29 is 9.21 Å². The van der Waals surface area contributed by atoms with E-state index in [1.807, 2.05) is 19.1 Å². The molecule has 1 N–H and O–H groups in total. The Morgan fingerprint density at radius 3 is 3.12 bits per heavy atom. The minimum Gasteiger partial charge on any atom is -0.466 e. The molecule has 1 aromatic heterocycles. The molecule has 17 heavy (non-hydrogen) atoms. The molecule has 90 valence electrons. The van der Waals surface area contributed by atoms with Crippen LogP contribution in [-0.4, -0.2) is 23.0 Å². The zero-order chi connectivity index (χ0) is 12.1. The highest BCUT2D eigenvalue weighted by Gasteiger charge is 2.15. The molecule has 0 radical (unpaired) electrons. The molecule has 2 heterocycles. The summed E-state index contributed by atoms with van der Waals surface area (Å²) in [4.78, 5) is 10.9. The van der Waals surface area contributed by atoms with Crippen molar-refractivity contribution in [2.75, 3.05) is 5.75 Å². The molecule has 0 aliphatic carbocycles. The molecule has 6 heteroatoms. The van der Waals surface area contributed by atoms with Crippen molar-refractivity contribution in [1.82, 2.24) is 5.32 Å². The van der Waals surface area contributed by atoms with E-state index in [2.05, 4.69) is 15.5 Å². The van der Waals surface area contributed by atoms with Gasteiger partial charge in [-0.2, -0.15) is 5.10 Å². The highest BCUT2D eigenvalue weighted by Crippen LogP contribution is 2.09. The van der Waals surface area contributed by atoms with Crippen molar-refractivity contribution in [3.63, 3.8) is 0 Å². The van der Waals surface area contributed by atoms with Gasteiger partial charge in [0.2, 0.25) is 5.91 Å². The first-order valence-electron chi connectivity index (χ1n) is 5.31.